The molecular weight excluding hydrogens is 162 g/mol. The lowest BCUT2D eigenvalue weighted by atomic mass is 9.81. The van der Waals surface area contributed by atoms with Crippen molar-refractivity contribution in [2.75, 3.05) is 0 Å². The Morgan fingerprint density at radius 1 is 1.62 bits per heavy atom. The molecule has 1 heterocycles. The number of nitrogens with zero attached hydrogens (tertiary/aromatic N) is 2. The summed E-state index contributed by atoms with van der Waals surface area (Å²) in [6, 6.07) is 0.736. The molecule has 1 fully saturated rings. The van der Waals surface area contributed by atoms with Gasteiger partial charge in [0.15, 0.2) is 0 Å². The van der Waals surface area contributed by atoms with Crippen molar-refractivity contribution in [2.45, 2.75) is 32.4 Å². The van der Waals surface area contributed by atoms with Crippen LogP contribution in [0.2, 0.25) is 0 Å². The molecule has 0 spiro atoms. The van der Waals surface area contributed by atoms with Gasteiger partial charge in [0.05, 0.1) is 6.20 Å². The molecule has 1 N–H and O–H groups in total. The van der Waals surface area contributed by atoms with Crippen LogP contribution in [0.15, 0.2) is 12.4 Å². The van der Waals surface area contributed by atoms with Crippen LogP contribution in [0.1, 0.15) is 25.3 Å². The Morgan fingerprint density at radius 2 is 2.46 bits per heavy atom. The standard InChI is InChI=1S/C10H17N3/c1-8-3-4-10(8)11-5-9-6-12-13(2)7-9/h6-8,10-11H,3-5H2,1-2H3. The van der Waals surface area contributed by atoms with Gasteiger partial charge in [0.25, 0.3) is 0 Å². The highest BCUT2D eigenvalue weighted by Gasteiger charge is 2.25. The largest absolute Gasteiger partial charge is 0.310 e. The Bertz CT molecular complexity index is 279. The fourth-order valence-electron chi connectivity index (χ4n) is 1.78. The molecule has 72 valence electrons. The van der Waals surface area contributed by atoms with Crippen LogP contribution in [-0.4, -0.2) is 15.8 Å². The molecule has 0 saturated heterocycles. The van der Waals surface area contributed by atoms with Gasteiger partial charge in [-0.15, -0.1) is 0 Å². The quantitative estimate of drug-likeness (QED) is 0.758. The topological polar surface area (TPSA) is 29.9 Å². The first-order valence-corrected chi connectivity index (χ1v) is 4.96. The first-order chi connectivity index (χ1) is 6.25. The molecule has 0 aromatic carbocycles. The van der Waals surface area contributed by atoms with Crippen LogP contribution in [0.3, 0.4) is 0 Å². The normalized spacial score (nSPS) is 27.2. The second kappa shape index (κ2) is 3.50. The van der Waals surface area contributed by atoms with Crippen LogP contribution >= 0.6 is 0 Å². The SMILES string of the molecule is CC1CCC1NCc1cnn(C)c1. The molecule has 3 nitrogen and oxygen atoms in total. The summed E-state index contributed by atoms with van der Waals surface area (Å²) in [5.74, 6) is 0.858. The van der Waals surface area contributed by atoms with Crippen LogP contribution in [-0.2, 0) is 13.6 Å². The smallest absolute Gasteiger partial charge is 0.0534 e. The summed E-state index contributed by atoms with van der Waals surface area (Å²) in [6.45, 7) is 3.27. The first-order valence-electron chi connectivity index (χ1n) is 4.96. The van der Waals surface area contributed by atoms with Gasteiger partial charge < -0.3 is 5.32 Å². The number of hydrogen-bond donors (Lipinski definition) is 1. The van der Waals surface area contributed by atoms with Crippen molar-refractivity contribution in [1.29, 1.82) is 0 Å². The van der Waals surface area contributed by atoms with E-state index in [0.717, 1.165) is 18.5 Å². The second-order valence-corrected chi connectivity index (χ2v) is 4.06. The summed E-state index contributed by atoms with van der Waals surface area (Å²) in [7, 11) is 1.95. The summed E-state index contributed by atoms with van der Waals surface area (Å²) >= 11 is 0. The van der Waals surface area contributed by atoms with E-state index in [-0.39, 0.29) is 0 Å². The van der Waals surface area contributed by atoms with Crippen molar-refractivity contribution in [1.82, 2.24) is 15.1 Å². The van der Waals surface area contributed by atoms with E-state index >= 15 is 0 Å². The third-order valence-electron chi connectivity index (χ3n) is 2.95. The van der Waals surface area contributed by atoms with Gasteiger partial charge >= 0.3 is 0 Å². The van der Waals surface area contributed by atoms with Crippen LogP contribution in [0.25, 0.3) is 0 Å². The molecule has 2 atom stereocenters. The van der Waals surface area contributed by atoms with E-state index in [9.17, 15) is 0 Å². The van der Waals surface area contributed by atoms with Crippen molar-refractivity contribution < 1.29 is 0 Å². The zero-order valence-electron chi connectivity index (χ0n) is 8.33. The molecule has 1 aliphatic carbocycles. The van der Waals surface area contributed by atoms with Crippen molar-refractivity contribution in [3.8, 4) is 0 Å². The lowest BCUT2D eigenvalue weighted by Gasteiger charge is -2.34. The van der Waals surface area contributed by atoms with E-state index in [1.54, 1.807) is 0 Å². The van der Waals surface area contributed by atoms with Gasteiger partial charge in [-0.05, 0) is 18.8 Å². The van der Waals surface area contributed by atoms with Crippen molar-refractivity contribution in [3.05, 3.63) is 18.0 Å². The summed E-state index contributed by atoms with van der Waals surface area (Å²) in [5.41, 5.74) is 1.28. The minimum absolute atomic E-state index is 0.736. The Morgan fingerprint density at radius 3 is 2.92 bits per heavy atom. The lowest BCUT2D eigenvalue weighted by molar-refractivity contribution is 0.228. The molecule has 1 aromatic rings. The van der Waals surface area contributed by atoms with Crippen LogP contribution < -0.4 is 5.32 Å². The van der Waals surface area contributed by atoms with Crippen LogP contribution in [0.5, 0.6) is 0 Å². The molecule has 1 saturated carbocycles. The predicted molar refractivity (Wildman–Crippen MR) is 52.2 cm³/mol. The van der Waals surface area contributed by atoms with Crippen molar-refractivity contribution >= 4 is 0 Å². The number of aromatic nitrogens is 2. The summed E-state index contributed by atoms with van der Waals surface area (Å²) in [4.78, 5) is 0. The highest BCUT2D eigenvalue weighted by molar-refractivity contribution is 5.03. The van der Waals surface area contributed by atoms with E-state index in [0.29, 0.717) is 0 Å². The van der Waals surface area contributed by atoms with Gasteiger partial charge in [0, 0.05) is 31.4 Å². The van der Waals surface area contributed by atoms with E-state index in [4.69, 9.17) is 0 Å². The van der Waals surface area contributed by atoms with E-state index in [1.807, 2.05) is 17.9 Å². The average molecular weight is 179 g/mol. The molecule has 0 aliphatic heterocycles. The Labute approximate surface area is 79.1 Å². The van der Waals surface area contributed by atoms with Crippen molar-refractivity contribution in [2.24, 2.45) is 13.0 Å². The van der Waals surface area contributed by atoms with Crippen LogP contribution in [0.4, 0.5) is 0 Å². The molecule has 3 heteroatoms. The molecule has 13 heavy (non-hydrogen) atoms. The maximum atomic E-state index is 4.13. The first kappa shape index (κ1) is 8.75. The second-order valence-electron chi connectivity index (χ2n) is 4.06. The van der Waals surface area contributed by atoms with Crippen molar-refractivity contribution in [3.63, 3.8) is 0 Å². The summed E-state index contributed by atoms with van der Waals surface area (Å²) in [6.07, 6.45) is 6.71. The molecule has 2 unspecified atom stereocenters. The van der Waals surface area contributed by atoms with E-state index in [1.165, 1.54) is 18.4 Å². The molecule has 0 amide bonds. The fraction of sp³-hybridized carbons (Fsp3) is 0.700. The maximum Gasteiger partial charge on any atom is 0.0534 e. The zero-order valence-corrected chi connectivity index (χ0v) is 8.33. The number of aryl methyl sites for hydroxylation is 1. The van der Waals surface area contributed by atoms with Gasteiger partial charge in [0.1, 0.15) is 0 Å². The molecule has 0 radical (unpaired) electrons. The van der Waals surface area contributed by atoms with E-state index in [2.05, 4.69) is 23.5 Å². The summed E-state index contributed by atoms with van der Waals surface area (Å²) < 4.78 is 1.85. The van der Waals surface area contributed by atoms with Gasteiger partial charge in [-0.25, -0.2) is 0 Å². The highest BCUT2D eigenvalue weighted by atomic mass is 15.2. The van der Waals surface area contributed by atoms with Crippen LogP contribution in [0, 0.1) is 5.92 Å². The summed E-state index contributed by atoms with van der Waals surface area (Å²) in [5, 5.41) is 7.68. The number of rotatable bonds is 3. The van der Waals surface area contributed by atoms with E-state index < -0.39 is 0 Å². The van der Waals surface area contributed by atoms with Gasteiger partial charge in [0.2, 0.25) is 0 Å². The molecule has 2 rings (SSSR count). The number of hydrogen-bond acceptors (Lipinski definition) is 2. The molecule has 1 aliphatic rings. The third kappa shape index (κ3) is 1.91. The zero-order chi connectivity index (χ0) is 9.26. The Balaban J connectivity index is 1.79. The third-order valence-corrected chi connectivity index (χ3v) is 2.95. The fourth-order valence-corrected chi connectivity index (χ4v) is 1.78. The maximum absolute atomic E-state index is 4.13. The molecule has 0 bridgehead atoms. The minimum Gasteiger partial charge on any atom is -0.310 e. The number of nitrogens with one attached hydrogen (secondary N) is 1. The Hall–Kier alpha value is -0.830. The average Bonchev–Trinajstić information content (AvgIpc) is 2.49. The highest BCUT2D eigenvalue weighted by Crippen LogP contribution is 2.26. The predicted octanol–water partition coefficient (Wildman–Crippen LogP) is 1.31. The molecule has 1 aromatic heterocycles. The molecular formula is C10H17N3. The van der Waals surface area contributed by atoms with Gasteiger partial charge in [-0.3, -0.25) is 4.68 Å². The monoisotopic (exact) mass is 179 g/mol. The lowest BCUT2D eigenvalue weighted by Crippen LogP contribution is -2.41. The minimum atomic E-state index is 0.736. The Kier molecular flexibility index (Phi) is 2.36. The van der Waals surface area contributed by atoms with Gasteiger partial charge in [-0.2, -0.15) is 5.10 Å². The van der Waals surface area contributed by atoms with Gasteiger partial charge in [-0.1, -0.05) is 6.92 Å².